The van der Waals surface area contributed by atoms with Crippen LogP contribution in [0.4, 0.5) is 0 Å². The zero-order chi connectivity index (χ0) is 17.1. The average Bonchev–Trinajstić information content (AvgIpc) is 2.38. The Morgan fingerprint density at radius 3 is 2.32 bits per heavy atom. The van der Waals surface area contributed by atoms with Crippen molar-refractivity contribution in [2.75, 3.05) is 6.54 Å². The molecule has 0 aliphatic carbocycles. The third-order valence-corrected chi connectivity index (χ3v) is 4.89. The molecule has 0 fully saturated rings. The highest BCUT2D eigenvalue weighted by atomic mass is 32.2. The molecule has 3 N–H and O–H groups in total. The molecule has 1 rings (SSSR count). The Hall–Kier alpha value is -1.93. The van der Waals surface area contributed by atoms with Crippen LogP contribution in [0.1, 0.15) is 24.5 Å². The zero-order valence-electron chi connectivity index (χ0n) is 12.6. The first-order valence-corrected chi connectivity index (χ1v) is 7.98. The van der Waals surface area contributed by atoms with Crippen molar-refractivity contribution in [1.82, 2.24) is 4.72 Å². The third-order valence-electron chi connectivity index (χ3n) is 3.34. The molecule has 0 heterocycles. The number of hydrogen-bond donors (Lipinski definition) is 3. The standard InChI is InChI=1S/C14H19NO6S/c1-9-4-5-10(2)11(6-9)22(20,21)15-8-14(3,13(18)19)7-12(16)17/h4-6,15H,7-8H2,1-3H3,(H,16,17)(H,18,19). The van der Waals surface area contributed by atoms with Crippen molar-refractivity contribution in [2.24, 2.45) is 5.41 Å². The lowest BCUT2D eigenvalue weighted by Crippen LogP contribution is -2.42. The Bertz CT molecular complexity index is 697. The highest BCUT2D eigenvalue weighted by molar-refractivity contribution is 7.89. The first-order chi connectivity index (χ1) is 9.98. The summed E-state index contributed by atoms with van der Waals surface area (Å²) in [7, 11) is -3.92. The fourth-order valence-corrected chi connectivity index (χ4v) is 3.37. The Morgan fingerprint density at radius 1 is 1.23 bits per heavy atom. The first-order valence-electron chi connectivity index (χ1n) is 6.50. The predicted octanol–water partition coefficient (Wildman–Crippen LogP) is 1.15. The van der Waals surface area contributed by atoms with Gasteiger partial charge in [0.05, 0.1) is 16.7 Å². The number of rotatable bonds is 7. The van der Waals surface area contributed by atoms with Crippen LogP contribution < -0.4 is 4.72 Å². The first kappa shape index (κ1) is 18.1. The molecule has 0 radical (unpaired) electrons. The molecule has 1 aromatic carbocycles. The van der Waals surface area contributed by atoms with Crippen LogP contribution in [0.5, 0.6) is 0 Å². The van der Waals surface area contributed by atoms with E-state index < -0.39 is 40.3 Å². The Kier molecular flexibility index (Phi) is 5.31. The van der Waals surface area contributed by atoms with Crippen LogP contribution in [0.2, 0.25) is 0 Å². The van der Waals surface area contributed by atoms with E-state index in [1.54, 1.807) is 26.0 Å². The van der Waals surface area contributed by atoms with E-state index >= 15 is 0 Å². The number of nitrogens with one attached hydrogen (secondary N) is 1. The second-order valence-electron chi connectivity index (χ2n) is 5.53. The van der Waals surface area contributed by atoms with E-state index in [4.69, 9.17) is 10.2 Å². The van der Waals surface area contributed by atoms with Crippen molar-refractivity contribution < 1.29 is 28.2 Å². The van der Waals surface area contributed by atoms with E-state index in [2.05, 4.69) is 4.72 Å². The number of aliphatic carboxylic acids is 2. The van der Waals surface area contributed by atoms with Crippen LogP contribution in [0.3, 0.4) is 0 Å². The van der Waals surface area contributed by atoms with Crippen molar-refractivity contribution >= 4 is 22.0 Å². The molecule has 0 aromatic heterocycles. The van der Waals surface area contributed by atoms with Crippen LogP contribution in [0, 0.1) is 19.3 Å². The molecule has 1 aromatic rings. The lowest BCUT2D eigenvalue weighted by Gasteiger charge is -2.23. The summed E-state index contributed by atoms with van der Waals surface area (Å²) in [6.45, 7) is 4.05. The maximum absolute atomic E-state index is 12.3. The van der Waals surface area contributed by atoms with Crippen molar-refractivity contribution in [3.05, 3.63) is 29.3 Å². The highest BCUT2D eigenvalue weighted by Crippen LogP contribution is 2.23. The van der Waals surface area contributed by atoms with Gasteiger partial charge in [0.2, 0.25) is 10.0 Å². The quantitative estimate of drug-likeness (QED) is 0.690. The monoisotopic (exact) mass is 329 g/mol. The maximum atomic E-state index is 12.3. The Balaban J connectivity index is 3.04. The molecule has 0 saturated heterocycles. The molecule has 0 aliphatic heterocycles. The van der Waals surface area contributed by atoms with Crippen molar-refractivity contribution in [1.29, 1.82) is 0 Å². The number of sulfonamides is 1. The molecular formula is C14H19NO6S. The number of benzene rings is 1. The minimum absolute atomic E-state index is 0.0514. The van der Waals surface area contributed by atoms with Gasteiger partial charge >= 0.3 is 11.9 Å². The summed E-state index contributed by atoms with van der Waals surface area (Å²) in [4.78, 5) is 22.1. The third kappa shape index (κ3) is 4.28. The summed E-state index contributed by atoms with van der Waals surface area (Å²) in [5, 5.41) is 17.9. The lowest BCUT2D eigenvalue weighted by molar-refractivity contribution is -0.154. The van der Waals surface area contributed by atoms with E-state index in [1.807, 2.05) is 0 Å². The van der Waals surface area contributed by atoms with Crippen molar-refractivity contribution in [3.63, 3.8) is 0 Å². The second kappa shape index (κ2) is 6.45. The van der Waals surface area contributed by atoms with Gasteiger partial charge in [-0.15, -0.1) is 0 Å². The zero-order valence-corrected chi connectivity index (χ0v) is 13.4. The molecule has 1 atom stereocenters. The summed E-state index contributed by atoms with van der Waals surface area (Å²) in [6, 6.07) is 4.89. The molecule has 1 unspecified atom stereocenters. The van der Waals surface area contributed by atoms with E-state index in [0.29, 0.717) is 5.56 Å². The normalized spacial score (nSPS) is 14.3. The molecule has 22 heavy (non-hydrogen) atoms. The number of carboxylic acid groups (broad SMARTS) is 2. The highest BCUT2D eigenvalue weighted by Gasteiger charge is 2.37. The van der Waals surface area contributed by atoms with Gasteiger partial charge in [0, 0.05) is 6.54 Å². The van der Waals surface area contributed by atoms with Gasteiger partial charge in [-0.2, -0.15) is 0 Å². The summed E-state index contributed by atoms with van der Waals surface area (Å²) < 4.78 is 26.8. The lowest BCUT2D eigenvalue weighted by atomic mass is 9.87. The molecule has 0 spiro atoms. The largest absolute Gasteiger partial charge is 0.481 e. The van der Waals surface area contributed by atoms with Gasteiger partial charge in [-0.25, -0.2) is 13.1 Å². The maximum Gasteiger partial charge on any atom is 0.311 e. The van der Waals surface area contributed by atoms with Gasteiger partial charge < -0.3 is 10.2 Å². The molecule has 122 valence electrons. The van der Waals surface area contributed by atoms with Crippen LogP contribution in [-0.4, -0.2) is 37.1 Å². The van der Waals surface area contributed by atoms with Crippen molar-refractivity contribution in [2.45, 2.75) is 32.1 Å². The SMILES string of the molecule is Cc1ccc(C)c(S(=O)(=O)NCC(C)(CC(=O)O)C(=O)O)c1. The number of aryl methyl sites for hydroxylation is 2. The fraction of sp³-hybridized carbons (Fsp3) is 0.429. The molecule has 0 amide bonds. The minimum atomic E-state index is -3.92. The van der Waals surface area contributed by atoms with Crippen LogP contribution in [-0.2, 0) is 19.6 Å². The van der Waals surface area contributed by atoms with Gasteiger partial charge in [-0.05, 0) is 38.0 Å². The number of carboxylic acids is 2. The predicted molar refractivity (Wildman–Crippen MR) is 79.1 cm³/mol. The van der Waals surface area contributed by atoms with Crippen molar-refractivity contribution in [3.8, 4) is 0 Å². The van der Waals surface area contributed by atoms with Gasteiger partial charge in [0.1, 0.15) is 0 Å². The molecular weight excluding hydrogens is 310 g/mol. The summed E-state index contributed by atoms with van der Waals surface area (Å²) in [5.41, 5.74) is -0.456. The molecule has 0 saturated carbocycles. The summed E-state index contributed by atoms with van der Waals surface area (Å²) in [5.74, 6) is -2.69. The van der Waals surface area contributed by atoms with E-state index in [-0.39, 0.29) is 4.90 Å². The molecule has 7 nitrogen and oxygen atoms in total. The second-order valence-corrected chi connectivity index (χ2v) is 7.27. The van der Waals surface area contributed by atoms with Gasteiger partial charge in [-0.3, -0.25) is 9.59 Å². The number of hydrogen-bond acceptors (Lipinski definition) is 4. The smallest absolute Gasteiger partial charge is 0.311 e. The molecule has 0 bridgehead atoms. The molecule has 0 aliphatic rings. The summed E-state index contributed by atoms with van der Waals surface area (Å²) in [6.07, 6.45) is -0.683. The fourth-order valence-electron chi connectivity index (χ4n) is 1.88. The van der Waals surface area contributed by atoms with Gasteiger partial charge in [0.25, 0.3) is 0 Å². The Labute approximate surface area is 129 Å². The van der Waals surface area contributed by atoms with Crippen LogP contribution in [0.25, 0.3) is 0 Å². The topological polar surface area (TPSA) is 121 Å². The van der Waals surface area contributed by atoms with Gasteiger partial charge in [-0.1, -0.05) is 12.1 Å². The van der Waals surface area contributed by atoms with E-state index in [9.17, 15) is 18.0 Å². The molecule has 8 heteroatoms. The van der Waals surface area contributed by atoms with E-state index in [0.717, 1.165) is 5.56 Å². The number of carbonyl (C=O) groups is 2. The van der Waals surface area contributed by atoms with Crippen LogP contribution in [0.15, 0.2) is 23.1 Å². The average molecular weight is 329 g/mol. The van der Waals surface area contributed by atoms with E-state index in [1.165, 1.54) is 13.0 Å². The Morgan fingerprint density at radius 2 is 1.82 bits per heavy atom. The van der Waals surface area contributed by atoms with Crippen LogP contribution >= 0.6 is 0 Å². The minimum Gasteiger partial charge on any atom is -0.481 e. The van der Waals surface area contributed by atoms with Gasteiger partial charge in [0.15, 0.2) is 0 Å². The summed E-state index contributed by atoms with van der Waals surface area (Å²) >= 11 is 0.